The second-order valence-electron chi connectivity index (χ2n) is 6.12. The minimum Gasteiger partial charge on any atom is -0.504 e. The first-order chi connectivity index (χ1) is 13.5. The van der Waals surface area contributed by atoms with E-state index in [-0.39, 0.29) is 36.8 Å². The molecule has 10 heteroatoms. The van der Waals surface area contributed by atoms with Crippen molar-refractivity contribution in [3.05, 3.63) is 91.4 Å². The zero-order valence-electron chi connectivity index (χ0n) is 14.3. The molecule has 0 saturated carbocycles. The standard InChI is InChI=1S/C19H12Cl4O5S/c20-12-5-10(6-13(21)9-12)19(29(26,27)28,14-3-1-2-4-15(14)22)11-7-16(23)18(25)17(24)8-11/h1-9,24-25H,(H,26,27,28). The van der Waals surface area contributed by atoms with Crippen LogP contribution in [0.15, 0.2) is 54.6 Å². The molecule has 0 fully saturated rings. The van der Waals surface area contributed by atoms with Gasteiger partial charge in [-0.2, -0.15) is 8.42 Å². The maximum absolute atomic E-state index is 13.0. The van der Waals surface area contributed by atoms with Gasteiger partial charge in [0.1, 0.15) is 0 Å². The third kappa shape index (κ3) is 3.77. The van der Waals surface area contributed by atoms with Crippen LogP contribution in [-0.2, 0) is 14.9 Å². The van der Waals surface area contributed by atoms with E-state index in [1.807, 2.05) is 0 Å². The third-order valence-corrected chi connectivity index (χ3v) is 6.88. The normalized spacial score (nSPS) is 13.8. The van der Waals surface area contributed by atoms with E-state index in [1.54, 1.807) is 6.07 Å². The highest BCUT2D eigenvalue weighted by Gasteiger charge is 2.50. The lowest BCUT2D eigenvalue weighted by molar-refractivity contribution is 0.402. The molecule has 0 radical (unpaired) electrons. The number of halogens is 4. The monoisotopic (exact) mass is 492 g/mol. The number of rotatable bonds is 4. The summed E-state index contributed by atoms with van der Waals surface area (Å²) in [5.41, 5.74) is -0.276. The molecular weight excluding hydrogens is 482 g/mol. The minimum absolute atomic E-state index is 0.00455. The largest absolute Gasteiger partial charge is 0.504 e. The van der Waals surface area contributed by atoms with Gasteiger partial charge in [0.25, 0.3) is 10.1 Å². The Labute approximate surface area is 186 Å². The van der Waals surface area contributed by atoms with E-state index >= 15 is 0 Å². The summed E-state index contributed by atoms with van der Waals surface area (Å²) in [6, 6.07) is 12.0. The van der Waals surface area contributed by atoms with Gasteiger partial charge < -0.3 is 10.2 Å². The molecule has 0 aliphatic carbocycles. The van der Waals surface area contributed by atoms with E-state index < -0.39 is 26.4 Å². The summed E-state index contributed by atoms with van der Waals surface area (Å²) in [5.74, 6) is -1.34. The highest BCUT2D eigenvalue weighted by molar-refractivity contribution is 7.87. The molecule has 0 bridgehead atoms. The van der Waals surface area contributed by atoms with Crippen molar-refractivity contribution in [1.82, 2.24) is 0 Å². The van der Waals surface area contributed by atoms with Gasteiger partial charge in [-0.15, -0.1) is 0 Å². The minimum atomic E-state index is -5.04. The van der Waals surface area contributed by atoms with Crippen molar-refractivity contribution < 1.29 is 23.2 Å². The van der Waals surface area contributed by atoms with Gasteiger partial charge in [-0.1, -0.05) is 64.6 Å². The first kappa shape index (κ1) is 22.0. The Hall–Kier alpha value is -1.67. The van der Waals surface area contributed by atoms with E-state index in [9.17, 15) is 23.2 Å². The molecule has 3 rings (SSSR count). The lowest BCUT2D eigenvalue weighted by Crippen LogP contribution is -2.38. The molecule has 0 aliphatic heterocycles. The zero-order valence-corrected chi connectivity index (χ0v) is 18.1. The average Bonchev–Trinajstić information content (AvgIpc) is 2.59. The molecule has 1 unspecified atom stereocenters. The van der Waals surface area contributed by atoms with Crippen LogP contribution in [0.25, 0.3) is 0 Å². The van der Waals surface area contributed by atoms with Gasteiger partial charge in [0, 0.05) is 20.6 Å². The SMILES string of the molecule is O=S(=O)(O)C(c1cc(Cl)cc(Cl)c1)(c1cc(O)c(O)c(Cl)c1)c1ccccc1Cl. The summed E-state index contributed by atoms with van der Waals surface area (Å²) in [6.45, 7) is 0. The fraction of sp³-hybridized carbons (Fsp3) is 0.0526. The lowest BCUT2D eigenvalue weighted by atomic mass is 9.83. The van der Waals surface area contributed by atoms with Crippen LogP contribution in [0.1, 0.15) is 16.7 Å². The molecule has 0 saturated heterocycles. The molecule has 0 aliphatic rings. The first-order valence-electron chi connectivity index (χ1n) is 7.89. The summed E-state index contributed by atoms with van der Waals surface area (Å²) in [5, 5.41) is 19.8. The third-order valence-electron chi connectivity index (χ3n) is 4.36. The van der Waals surface area contributed by atoms with Crippen LogP contribution in [0.2, 0.25) is 20.1 Å². The Morgan fingerprint density at radius 2 is 1.31 bits per heavy atom. The van der Waals surface area contributed by atoms with Gasteiger partial charge in [0.05, 0.1) is 5.02 Å². The number of aromatic hydroxyl groups is 2. The van der Waals surface area contributed by atoms with Gasteiger partial charge in [-0.3, -0.25) is 4.55 Å². The first-order valence-corrected chi connectivity index (χ1v) is 10.8. The highest BCUT2D eigenvalue weighted by atomic mass is 35.5. The second-order valence-corrected chi connectivity index (χ2v) is 9.37. The Balaban J connectivity index is 2.61. The van der Waals surface area contributed by atoms with Crippen LogP contribution in [-0.4, -0.2) is 23.2 Å². The predicted molar refractivity (Wildman–Crippen MR) is 114 cm³/mol. The highest BCUT2D eigenvalue weighted by Crippen LogP contribution is 2.50. The molecule has 0 amide bonds. The van der Waals surface area contributed by atoms with Crippen molar-refractivity contribution in [1.29, 1.82) is 0 Å². The second kappa shape index (κ2) is 7.87. The number of phenolic OH excluding ortho intramolecular Hbond substituents is 2. The maximum atomic E-state index is 13.0. The maximum Gasteiger partial charge on any atom is 0.283 e. The van der Waals surface area contributed by atoms with Crippen LogP contribution in [0.5, 0.6) is 11.5 Å². The van der Waals surface area contributed by atoms with E-state index in [0.29, 0.717) is 0 Å². The predicted octanol–water partition coefficient (Wildman–Crippen LogP) is 5.89. The van der Waals surface area contributed by atoms with E-state index in [2.05, 4.69) is 0 Å². The summed E-state index contributed by atoms with van der Waals surface area (Å²) < 4.78 is 34.0. The number of phenols is 2. The molecule has 0 spiro atoms. The van der Waals surface area contributed by atoms with E-state index in [4.69, 9.17) is 46.4 Å². The topological polar surface area (TPSA) is 94.8 Å². The van der Waals surface area contributed by atoms with Crippen molar-refractivity contribution in [2.45, 2.75) is 4.75 Å². The zero-order chi connectivity index (χ0) is 21.6. The molecule has 0 aromatic heterocycles. The fourth-order valence-electron chi connectivity index (χ4n) is 3.21. The van der Waals surface area contributed by atoms with Crippen LogP contribution >= 0.6 is 46.4 Å². The molecule has 1 atom stereocenters. The van der Waals surface area contributed by atoms with Crippen molar-refractivity contribution in [3.63, 3.8) is 0 Å². The van der Waals surface area contributed by atoms with Crippen LogP contribution in [0, 0.1) is 0 Å². The van der Waals surface area contributed by atoms with Crippen LogP contribution < -0.4 is 0 Å². The number of hydrogen-bond acceptors (Lipinski definition) is 4. The lowest BCUT2D eigenvalue weighted by Gasteiger charge is -2.33. The van der Waals surface area contributed by atoms with Gasteiger partial charge in [-0.25, -0.2) is 0 Å². The Morgan fingerprint density at radius 3 is 1.83 bits per heavy atom. The van der Waals surface area contributed by atoms with Crippen LogP contribution in [0.4, 0.5) is 0 Å². The van der Waals surface area contributed by atoms with E-state index in [1.165, 1.54) is 36.4 Å². The molecule has 5 nitrogen and oxygen atoms in total. The molecule has 0 heterocycles. The Kier molecular flexibility index (Phi) is 5.98. The molecule has 152 valence electrons. The van der Waals surface area contributed by atoms with Gasteiger partial charge in [0.2, 0.25) is 0 Å². The summed E-state index contributed by atoms with van der Waals surface area (Å²) in [4.78, 5) is 0. The fourth-order valence-corrected chi connectivity index (χ4v) is 5.57. The quantitative estimate of drug-likeness (QED) is 0.239. The summed E-state index contributed by atoms with van der Waals surface area (Å²) >= 11 is 24.5. The summed E-state index contributed by atoms with van der Waals surface area (Å²) in [7, 11) is -5.04. The van der Waals surface area contributed by atoms with Gasteiger partial charge >= 0.3 is 0 Å². The number of hydrogen-bond donors (Lipinski definition) is 3. The van der Waals surface area contributed by atoms with Crippen molar-refractivity contribution in [2.24, 2.45) is 0 Å². The van der Waals surface area contributed by atoms with Gasteiger partial charge in [0.15, 0.2) is 16.2 Å². The smallest absolute Gasteiger partial charge is 0.283 e. The Bertz CT molecular complexity index is 1170. The molecule has 3 N–H and O–H groups in total. The molecule has 3 aromatic carbocycles. The van der Waals surface area contributed by atoms with E-state index in [0.717, 1.165) is 12.1 Å². The van der Waals surface area contributed by atoms with Gasteiger partial charge in [-0.05, 0) is 47.5 Å². The molecule has 29 heavy (non-hydrogen) atoms. The van der Waals surface area contributed by atoms with Crippen molar-refractivity contribution in [3.8, 4) is 11.5 Å². The van der Waals surface area contributed by atoms with Crippen molar-refractivity contribution >= 4 is 56.5 Å². The molecule has 3 aromatic rings. The average molecular weight is 494 g/mol. The summed E-state index contributed by atoms with van der Waals surface area (Å²) in [6.07, 6.45) is 0. The van der Waals surface area contributed by atoms with Crippen LogP contribution in [0.3, 0.4) is 0 Å². The van der Waals surface area contributed by atoms with Crippen molar-refractivity contribution in [2.75, 3.05) is 0 Å². The Morgan fingerprint density at radius 1 is 0.759 bits per heavy atom. The number of benzene rings is 3. The molecular formula is C19H12Cl4O5S.